The molecule has 0 bridgehead atoms. The fourth-order valence-corrected chi connectivity index (χ4v) is 2.08. The predicted molar refractivity (Wildman–Crippen MR) is 51.6 cm³/mol. The van der Waals surface area contributed by atoms with Crippen molar-refractivity contribution in [3.63, 3.8) is 0 Å². The summed E-state index contributed by atoms with van der Waals surface area (Å²) in [6.45, 7) is 6.40. The third kappa shape index (κ3) is 15.4. The molecule has 72 valence electrons. The Labute approximate surface area is 110 Å². The van der Waals surface area contributed by atoms with Crippen molar-refractivity contribution in [3.05, 3.63) is 0 Å². The maximum atomic E-state index is 10.5. The average molecular weight is 214 g/mol. The first kappa shape index (κ1) is 8.95. The zero-order valence-electron chi connectivity index (χ0n) is 12.9. The maximum Gasteiger partial charge on any atom is 1.00 e. The van der Waals surface area contributed by atoms with Gasteiger partial charge >= 0.3 is 29.6 Å². The second kappa shape index (κ2) is 8.03. The van der Waals surface area contributed by atoms with Crippen molar-refractivity contribution < 1.29 is 44.9 Å². The zero-order chi connectivity index (χ0) is 13.2. The molecular formula is C9H19NaO2Si. The van der Waals surface area contributed by atoms with Gasteiger partial charge in [0.1, 0.15) is 0 Å². The van der Waals surface area contributed by atoms with Crippen LogP contribution in [0.4, 0.5) is 0 Å². The number of carboxylic acids is 1. The summed E-state index contributed by atoms with van der Waals surface area (Å²) in [4.78, 5) is 10.5. The second-order valence-electron chi connectivity index (χ2n) is 4.00. The fraction of sp³-hybridized carbons (Fsp3) is 0.889. The van der Waals surface area contributed by atoms with Gasteiger partial charge in [0.05, 0.1) is 0 Å². The van der Waals surface area contributed by atoms with Gasteiger partial charge in [0.15, 0.2) is 0 Å². The van der Waals surface area contributed by atoms with E-state index in [1.54, 1.807) is 0 Å². The quantitative estimate of drug-likeness (QED) is 0.512. The van der Waals surface area contributed by atoms with E-state index in [1.165, 1.54) is 0 Å². The molecule has 0 aromatic carbocycles. The van der Waals surface area contributed by atoms with E-state index in [2.05, 4.69) is 19.6 Å². The number of hydrogen-bond acceptors (Lipinski definition) is 2. The first-order valence-electron chi connectivity index (χ1n) is 6.12. The minimum absolute atomic E-state index is 0. The van der Waals surface area contributed by atoms with Gasteiger partial charge in [0, 0.05) is 19.5 Å². The van der Waals surface area contributed by atoms with Gasteiger partial charge in [0.2, 0.25) is 0 Å². The SMILES string of the molecule is [2H]C([2H])(CCC[Si](C)(C)C)C([2H])([2H])C(=O)[O-].[Na+]. The fourth-order valence-electron chi connectivity index (χ4n) is 0.842. The van der Waals surface area contributed by atoms with E-state index in [0.29, 0.717) is 6.42 Å². The van der Waals surface area contributed by atoms with E-state index >= 15 is 0 Å². The number of hydrogen-bond donors (Lipinski definition) is 0. The molecule has 0 aliphatic carbocycles. The van der Waals surface area contributed by atoms with Crippen LogP contribution in [0.1, 0.15) is 31.1 Å². The average Bonchev–Trinajstić information content (AvgIpc) is 2.00. The third-order valence-corrected chi connectivity index (χ3v) is 3.27. The van der Waals surface area contributed by atoms with Crippen molar-refractivity contribution in [1.82, 2.24) is 0 Å². The molecule has 0 N–H and O–H groups in total. The van der Waals surface area contributed by atoms with E-state index in [-0.39, 0.29) is 36.0 Å². The second-order valence-corrected chi connectivity index (χ2v) is 9.62. The molecule has 13 heavy (non-hydrogen) atoms. The van der Waals surface area contributed by atoms with Crippen LogP contribution in [-0.4, -0.2) is 14.0 Å². The Morgan fingerprint density at radius 2 is 1.92 bits per heavy atom. The van der Waals surface area contributed by atoms with Crippen LogP contribution in [0.5, 0.6) is 0 Å². The van der Waals surface area contributed by atoms with Crippen LogP contribution >= 0.6 is 0 Å². The van der Waals surface area contributed by atoms with Gasteiger partial charge in [-0.2, -0.15) is 0 Å². The Bertz CT molecular complexity index is 266. The van der Waals surface area contributed by atoms with Gasteiger partial charge < -0.3 is 9.90 Å². The monoisotopic (exact) mass is 214 g/mol. The maximum absolute atomic E-state index is 10.5. The normalized spacial score (nSPS) is 17.5. The minimum Gasteiger partial charge on any atom is -0.550 e. The van der Waals surface area contributed by atoms with Crippen LogP contribution in [0.25, 0.3) is 0 Å². The molecule has 0 amide bonds. The van der Waals surface area contributed by atoms with Crippen molar-refractivity contribution in [2.45, 2.75) is 51.3 Å². The summed E-state index contributed by atoms with van der Waals surface area (Å²) in [5.74, 6) is -1.98. The Balaban J connectivity index is 0. The van der Waals surface area contributed by atoms with Gasteiger partial charge in [-0.05, 0) is 12.7 Å². The molecular weight excluding hydrogens is 191 g/mol. The molecule has 0 rings (SSSR count). The zero-order valence-corrected chi connectivity index (χ0v) is 11.9. The molecule has 0 unspecified atom stereocenters. The smallest absolute Gasteiger partial charge is 0.550 e. The molecule has 0 saturated heterocycles. The van der Waals surface area contributed by atoms with E-state index < -0.39 is 26.8 Å². The molecule has 0 aromatic rings. The molecule has 0 atom stereocenters. The molecule has 2 nitrogen and oxygen atoms in total. The Morgan fingerprint density at radius 3 is 2.31 bits per heavy atom. The van der Waals surface area contributed by atoms with E-state index in [1.807, 2.05) is 0 Å². The van der Waals surface area contributed by atoms with E-state index in [0.717, 1.165) is 6.04 Å². The molecule has 0 aliphatic rings. The molecule has 0 saturated carbocycles. The van der Waals surface area contributed by atoms with Gasteiger partial charge in [-0.15, -0.1) is 0 Å². The van der Waals surface area contributed by atoms with E-state index in [9.17, 15) is 9.90 Å². The van der Waals surface area contributed by atoms with Crippen molar-refractivity contribution >= 4 is 14.0 Å². The number of carbonyl (C=O) groups is 1. The standard InChI is InChI=1S/C9H20O2Si.Na/c1-12(2,3)8-6-4-5-7-9(10)11;/h4-8H2,1-3H3,(H,10,11);/q;+1/p-1/i5D2,7D2;. The van der Waals surface area contributed by atoms with Gasteiger partial charge in [0.25, 0.3) is 0 Å². The van der Waals surface area contributed by atoms with Gasteiger partial charge in [-0.3, -0.25) is 0 Å². The Morgan fingerprint density at radius 1 is 1.38 bits per heavy atom. The molecule has 0 aliphatic heterocycles. The van der Waals surface area contributed by atoms with Crippen LogP contribution in [-0.2, 0) is 4.79 Å². The first-order valence-corrected chi connectivity index (χ1v) is 7.82. The number of carboxylic acid groups (broad SMARTS) is 1. The van der Waals surface area contributed by atoms with Crippen LogP contribution in [0.3, 0.4) is 0 Å². The molecule has 0 aromatic heterocycles. The van der Waals surface area contributed by atoms with Crippen molar-refractivity contribution in [2.24, 2.45) is 0 Å². The Kier molecular flexibility index (Phi) is 5.53. The Hall–Kier alpha value is 0.687. The van der Waals surface area contributed by atoms with Crippen molar-refractivity contribution in [1.29, 1.82) is 0 Å². The summed E-state index contributed by atoms with van der Waals surface area (Å²) in [5.41, 5.74) is 0. The third-order valence-electron chi connectivity index (χ3n) is 1.42. The van der Waals surface area contributed by atoms with Crippen LogP contribution in [0.15, 0.2) is 0 Å². The van der Waals surface area contributed by atoms with Crippen LogP contribution in [0, 0.1) is 0 Å². The van der Waals surface area contributed by atoms with Crippen LogP contribution < -0.4 is 34.7 Å². The minimum atomic E-state index is -2.92. The molecule has 4 heteroatoms. The summed E-state index contributed by atoms with van der Waals surface area (Å²) in [5, 5.41) is 10.5. The number of carbonyl (C=O) groups excluding carboxylic acids is 1. The molecule has 0 spiro atoms. The topological polar surface area (TPSA) is 40.1 Å². The summed E-state index contributed by atoms with van der Waals surface area (Å²) in [7, 11) is -1.30. The van der Waals surface area contributed by atoms with Crippen molar-refractivity contribution in [3.8, 4) is 0 Å². The molecule has 0 fully saturated rings. The first-order chi connectivity index (χ1) is 6.90. The number of rotatable bonds is 6. The molecule has 0 heterocycles. The number of aliphatic carboxylic acids is 1. The van der Waals surface area contributed by atoms with Gasteiger partial charge in [-0.1, -0.05) is 38.5 Å². The predicted octanol–water partition coefficient (Wildman–Crippen LogP) is -1.36. The van der Waals surface area contributed by atoms with Crippen molar-refractivity contribution in [2.75, 3.05) is 0 Å². The molecule has 0 radical (unpaired) electrons. The summed E-state index contributed by atoms with van der Waals surface area (Å²) >= 11 is 0. The summed E-state index contributed by atoms with van der Waals surface area (Å²) in [6.07, 6.45) is -4.87. The van der Waals surface area contributed by atoms with Gasteiger partial charge in [-0.25, -0.2) is 0 Å². The summed E-state index contributed by atoms with van der Waals surface area (Å²) in [6, 6.07) is 0.857. The summed E-state index contributed by atoms with van der Waals surface area (Å²) < 4.78 is 29.2. The largest absolute Gasteiger partial charge is 1.00 e. The van der Waals surface area contributed by atoms with Crippen LogP contribution in [0.2, 0.25) is 25.7 Å². The van der Waals surface area contributed by atoms with E-state index in [4.69, 9.17) is 5.48 Å².